The number of hydrogen-bond acceptors (Lipinski definition) is 13. The molecule has 0 unspecified atom stereocenters. The predicted octanol–water partition coefficient (Wildman–Crippen LogP) is 7.54. The van der Waals surface area contributed by atoms with Gasteiger partial charge in [0.05, 0.1) is 66.1 Å². The second kappa shape index (κ2) is 70.8. The Kier molecular flexibility index (Phi) is 77.2. The fraction of sp³-hybridized carbons (Fsp3) is 0.902. The van der Waals surface area contributed by atoms with Gasteiger partial charge in [0.2, 0.25) is 23.6 Å². The van der Waals surface area contributed by atoms with Gasteiger partial charge in [0, 0.05) is 104 Å². The maximum Gasteiger partial charge on any atom is 0.222 e. The Morgan fingerprint density at radius 3 is 0.706 bits per heavy atom. The van der Waals surface area contributed by atoms with Crippen LogP contribution in [-0.2, 0) is 61.9 Å². The quantitative estimate of drug-likeness (QED) is 0.0436. The Balaban J connectivity index is -0.000000248. The van der Waals surface area contributed by atoms with Gasteiger partial charge in [-0.15, -0.1) is 0 Å². The Morgan fingerprint density at radius 1 is 0.265 bits per heavy atom. The normalized spacial score (nSPS) is 10.1. The largest absolute Gasteiger partial charge is 0.381 e. The van der Waals surface area contributed by atoms with Crippen LogP contribution in [0.1, 0.15) is 172 Å². The van der Waals surface area contributed by atoms with Crippen LogP contribution in [0.25, 0.3) is 0 Å². The highest BCUT2D eigenvalue weighted by Gasteiger charge is 2.02. The van der Waals surface area contributed by atoms with Gasteiger partial charge in [-0.2, -0.15) is 0 Å². The van der Waals surface area contributed by atoms with Crippen molar-refractivity contribution in [2.45, 2.75) is 172 Å². The minimum Gasteiger partial charge on any atom is -0.381 e. The zero-order valence-corrected chi connectivity index (χ0v) is 45.3. The summed E-state index contributed by atoms with van der Waals surface area (Å²) in [6.45, 7) is 33.6. The van der Waals surface area contributed by atoms with E-state index < -0.39 is 0 Å². The molecular formula is C51H106N4O13. The number of hydrogen-bond donors (Lipinski definition) is 4. The Labute approximate surface area is 415 Å². The molecular weight excluding hydrogens is 877 g/mol. The van der Waals surface area contributed by atoms with E-state index in [4.69, 9.17) is 37.9 Å². The average molecular weight is 983 g/mol. The van der Waals surface area contributed by atoms with E-state index in [9.17, 15) is 24.0 Å². The number of ether oxygens (including phenoxy) is 8. The van der Waals surface area contributed by atoms with E-state index in [1.54, 1.807) is 0 Å². The summed E-state index contributed by atoms with van der Waals surface area (Å²) < 4.78 is 42.0. The van der Waals surface area contributed by atoms with Crippen LogP contribution in [0.4, 0.5) is 0 Å². The van der Waals surface area contributed by atoms with E-state index in [-0.39, 0.29) is 23.6 Å². The van der Waals surface area contributed by atoms with Gasteiger partial charge >= 0.3 is 0 Å². The minimum atomic E-state index is 0.0907. The molecule has 0 aliphatic heterocycles. The van der Waals surface area contributed by atoms with Gasteiger partial charge in [0.1, 0.15) is 5.78 Å². The molecule has 0 saturated carbocycles. The summed E-state index contributed by atoms with van der Waals surface area (Å²) in [7, 11) is 0. The van der Waals surface area contributed by atoms with E-state index in [2.05, 4.69) is 55.9 Å². The molecule has 0 atom stereocenters. The lowest BCUT2D eigenvalue weighted by Gasteiger charge is -2.07. The van der Waals surface area contributed by atoms with E-state index in [0.717, 1.165) is 123 Å². The minimum absolute atomic E-state index is 0.0907. The Hall–Kier alpha value is -2.77. The molecule has 4 amide bonds. The van der Waals surface area contributed by atoms with Crippen LogP contribution in [0, 0.1) is 0 Å². The van der Waals surface area contributed by atoms with Crippen molar-refractivity contribution < 1.29 is 61.9 Å². The third-order valence-corrected chi connectivity index (χ3v) is 8.18. The molecule has 0 radical (unpaired) electrons. The van der Waals surface area contributed by atoms with Gasteiger partial charge in [0.15, 0.2) is 0 Å². The molecule has 0 aromatic rings. The maximum absolute atomic E-state index is 11.0. The van der Waals surface area contributed by atoms with Crippen LogP contribution in [0.5, 0.6) is 0 Å². The van der Waals surface area contributed by atoms with Crippen LogP contribution in [-0.4, -0.2) is 161 Å². The van der Waals surface area contributed by atoms with Gasteiger partial charge in [-0.25, -0.2) is 0 Å². The molecule has 0 aromatic heterocycles. The third-order valence-electron chi connectivity index (χ3n) is 8.18. The van der Waals surface area contributed by atoms with Gasteiger partial charge in [0.25, 0.3) is 0 Å². The zero-order chi connectivity index (χ0) is 51.8. The number of carbonyl (C=O) groups is 5. The Bertz CT molecular complexity index is 917. The maximum atomic E-state index is 11.0. The van der Waals surface area contributed by atoms with Gasteiger partial charge in [-0.05, 0) is 64.2 Å². The summed E-state index contributed by atoms with van der Waals surface area (Å²) in [4.78, 5) is 54.9. The molecule has 0 aliphatic rings. The number of ketones is 1. The van der Waals surface area contributed by atoms with E-state index in [1.807, 2.05) is 34.6 Å². The smallest absolute Gasteiger partial charge is 0.222 e. The first-order valence-corrected chi connectivity index (χ1v) is 26.2. The first-order chi connectivity index (χ1) is 33.0. The first-order valence-electron chi connectivity index (χ1n) is 26.2. The summed E-state index contributed by atoms with van der Waals surface area (Å²) in [6, 6.07) is 0. The average Bonchev–Trinajstić information content (AvgIpc) is 3.35. The molecule has 4 N–H and O–H groups in total. The SMILES string of the molecule is CCCNC(=O)CCOCCC.CCCNC(=O)CCOCCC.CCCNC(=O)CCOCCC.CCCNC(=O)CCOCCC.CCCOCCOCCOCCOCCCC(=O)CC. The van der Waals surface area contributed by atoms with Gasteiger partial charge < -0.3 is 59.2 Å². The molecule has 17 nitrogen and oxygen atoms in total. The molecule has 0 saturated heterocycles. The second-order valence-electron chi connectivity index (χ2n) is 15.3. The van der Waals surface area contributed by atoms with Crippen molar-refractivity contribution in [1.29, 1.82) is 0 Å². The van der Waals surface area contributed by atoms with Crippen LogP contribution in [0.2, 0.25) is 0 Å². The van der Waals surface area contributed by atoms with Crippen molar-refractivity contribution in [3.8, 4) is 0 Å². The lowest BCUT2D eigenvalue weighted by atomic mass is 10.2. The number of amides is 4. The predicted molar refractivity (Wildman–Crippen MR) is 274 cm³/mol. The van der Waals surface area contributed by atoms with E-state index in [0.29, 0.717) is 117 Å². The number of carbonyl (C=O) groups excluding carboxylic acids is 5. The summed E-state index contributed by atoms with van der Waals surface area (Å²) in [5.74, 6) is 0.659. The molecule has 0 aliphatic carbocycles. The van der Waals surface area contributed by atoms with Crippen molar-refractivity contribution in [1.82, 2.24) is 21.3 Å². The van der Waals surface area contributed by atoms with Gasteiger partial charge in [-0.1, -0.05) is 69.2 Å². The highest BCUT2D eigenvalue weighted by Crippen LogP contribution is 1.95. The molecule has 0 spiro atoms. The monoisotopic (exact) mass is 983 g/mol. The van der Waals surface area contributed by atoms with Crippen molar-refractivity contribution in [2.75, 3.05) is 132 Å². The molecule has 0 rings (SSSR count). The van der Waals surface area contributed by atoms with Crippen LogP contribution in [0.3, 0.4) is 0 Å². The molecule has 68 heavy (non-hydrogen) atoms. The van der Waals surface area contributed by atoms with Crippen molar-refractivity contribution in [2.24, 2.45) is 0 Å². The summed E-state index contributed by atoms with van der Waals surface area (Å²) in [5.41, 5.74) is 0. The summed E-state index contributed by atoms with van der Waals surface area (Å²) in [6.07, 6.45) is 13.0. The Morgan fingerprint density at radius 2 is 0.485 bits per heavy atom. The van der Waals surface area contributed by atoms with Crippen molar-refractivity contribution in [3.63, 3.8) is 0 Å². The van der Waals surface area contributed by atoms with Crippen molar-refractivity contribution in [3.05, 3.63) is 0 Å². The zero-order valence-electron chi connectivity index (χ0n) is 45.3. The highest BCUT2D eigenvalue weighted by atomic mass is 16.6. The van der Waals surface area contributed by atoms with Crippen LogP contribution in [0.15, 0.2) is 0 Å². The lowest BCUT2D eigenvalue weighted by Crippen LogP contribution is -2.25. The number of nitrogens with one attached hydrogen (secondary N) is 4. The highest BCUT2D eigenvalue weighted by molar-refractivity contribution is 5.78. The molecule has 17 heteroatoms. The number of rotatable bonds is 44. The molecule has 0 aromatic carbocycles. The second-order valence-corrected chi connectivity index (χ2v) is 15.3. The molecule has 0 heterocycles. The fourth-order valence-electron chi connectivity index (χ4n) is 4.51. The summed E-state index contributed by atoms with van der Waals surface area (Å²) in [5, 5.41) is 11.2. The van der Waals surface area contributed by atoms with E-state index in [1.165, 1.54) is 0 Å². The molecule has 0 fully saturated rings. The van der Waals surface area contributed by atoms with Crippen molar-refractivity contribution >= 4 is 29.4 Å². The van der Waals surface area contributed by atoms with Crippen LogP contribution < -0.4 is 21.3 Å². The standard InChI is InChI=1S/C15H30O5.4C9H19NO2/c1-3-7-17-9-11-19-13-14-20-12-10-18-8-5-6-15(16)4-2;4*1-3-6-10-9(11)5-8-12-7-4-2/h3-14H2,1-2H3;4*3-8H2,1-2H3,(H,10,11). The van der Waals surface area contributed by atoms with E-state index >= 15 is 0 Å². The molecule has 0 bridgehead atoms. The lowest BCUT2D eigenvalue weighted by molar-refractivity contribution is -0.123. The van der Waals surface area contributed by atoms with Crippen LogP contribution >= 0.6 is 0 Å². The first kappa shape index (κ1) is 74.2. The fourth-order valence-corrected chi connectivity index (χ4v) is 4.51. The molecule has 408 valence electrons. The number of Topliss-reactive ketones (excluding diaryl/α,β-unsaturated/α-hetero) is 1. The topological polar surface area (TPSA) is 207 Å². The summed E-state index contributed by atoms with van der Waals surface area (Å²) >= 11 is 0. The third kappa shape index (κ3) is 80.3. The van der Waals surface area contributed by atoms with Gasteiger partial charge in [-0.3, -0.25) is 24.0 Å².